The van der Waals surface area contributed by atoms with E-state index in [9.17, 15) is 14.0 Å². The molecule has 30 heavy (non-hydrogen) atoms. The number of methoxy groups -OCH3 is 1. The lowest BCUT2D eigenvalue weighted by molar-refractivity contribution is -0.144. The van der Waals surface area contributed by atoms with Gasteiger partial charge in [-0.2, -0.15) is 0 Å². The molecule has 3 aliphatic rings. The van der Waals surface area contributed by atoms with E-state index in [0.29, 0.717) is 35.7 Å². The number of hydrogen-bond donors (Lipinski definition) is 2. The van der Waals surface area contributed by atoms with Gasteiger partial charge >= 0.3 is 5.97 Å². The molecular formula is C23H21FN2O4. The lowest BCUT2D eigenvalue weighted by Crippen LogP contribution is -2.41. The molecule has 2 aromatic rings. The molecular weight excluding hydrogens is 387 g/mol. The highest BCUT2D eigenvalue weighted by atomic mass is 19.1. The predicted octanol–water partition coefficient (Wildman–Crippen LogP) is 3.01. The lowest BCUT2D eigenvalue weighted by Gasteiger charge is -2.14. The number of amides is 1. The Hall–Kier alpha value is -3.19. The first-order chi connectivity index (χ1) is 14.5. The minimum Gasteiger partial charge on any atom is -0.487 e. The van der Waals surface area contributed by atoms with Crippen molar-refractivity contribution in [1.29, 1.82) is 0 Å². The summed E-state index contributed by atoms with van der Waals surface area (Å²) in [7, 11) is 1.41. The van der Waals surface area contributed by atoms with E-state index in [0.717, 1.165) is 36.0 Å². The van der Waals surface area contributed by atoms with Gasteiger partial charge in [-0.25, -0.2) is 4.39 Å². The maximum atomic E-state index is 13.7. The van der Waals surface area contributed by atoms with E-state index < -0.39 is 11.4 Å². The van der Waals surface area contributed by atoms with E-state index in [1.54, 1.807) is 6.07 Å². The van der Waals surface area contributed by atoms with Gasteiger partial charge in [0.2, 0.25) is 0 Å². The molecule has 154 valence electrons. The zero-order valence-electron chi connectivity index (χ0n) is 16.5. The van der Waals surface area contributed by atoms with Gasteiger partial charge in [0, 0.05) is 28.9 Å². The molecule has 0 aromatic heterocycles. The minimum atomic E-state index is -0.509. The molecule has 2 N–H and O–H groups in total. The van der Waals surface area contributed by atoms with Gasteiger partial charge in [-0.1, -0.05) is 18.2 Å². The Kier molecular flexibility index (Phi) is 4.36. The van der Waals surface area contributed by atoms with Crippen LogP contribution in [0.1, 0.15) is 35.1 Å². The summed E-state index contributed by atoms with van der Waals surface area (Å²) in [5.41, 5.74) is 3.91. The second kappa shape index (κ2) is 6.95. The fourth-order valence-electron chi connectivity index (χ4n) is 4.16. The number of ether oxygens (including phenoxy) is 2. The molecule has 0 atom stereocenters. The van der Waals surface area contributed by atoms with Gasteiger partial charge in [-0.05, 0) is 43.0 Å². The Morgan fingerprint density at radius 3 is 2.83 bits per heavy atom. The zero-order chi connectivity index (χ0) is 20.9. The van der Waals surface area contributed by atoms with Crippen molar-refractivity contribution in [3.63, 3.8) is 0 Å². The fraction of sp³-hybridized carbons (Fsp3) is 0.304. The van der Waals surface area contributed by atoms with Crippen LogP contribution in [0.25, 0.3) is 11.3 Å². The average molecular weight is 408 g/mol. The Labute approximate surface area is 173 Å². The number of nitrogens with one attached hydrogen (secondary N) is 2. The third kappa shape index (κ3) is 3.06. The molecule has 0 saturated heterocycles. The van der Waals surface area contributed by atoms with E-state index in [2.05, 4.69) is 16.7 Å². The molecule has 2 aromatic carbocycles. The number of carbonyl (C=O) groups is 2. The molecule has 0 spiro atoms. The first-order valence-electron chi connectivity index (χ1n) is 9.95. The Morgan fingerprint density at radius 2 is 2.07 bits per heavy atom. The van der Waals surface area contributed by atoms with Crippen molar-refractivity contribution in [2.24, 2.45) is 0 Å². The van der Waals surface area contributed by atoms with Gasteiger partial charge in [-0.15, -0.1) is 0 Å². The molecule has 2 aliphatic heterocycles. The third-order valence-corrected chi connectivity index (χ3v) is 5.94. The van der Waals surface area contributed by atoms with Gasteiger partial charge in [-0.3, -0.25) is 9.59 Å². The highest BCUT2D eigenvalue weighted by molar-refractivity contribution is 6.36. The molecule has 0 unspecified atom stereocenters. The second-order valence-corrected chi connectivity index (χ2v) is 7.88. The molecule has 0 bridgehead atoms. The van der Waals surface area contributed by atoms with Gasteiger partial charge in [0.25, 0.3) is 5.91 Å². The number of halogens is 1. The highest BCUT2D eigenvalue weighted by Gasteiger charge is 2.50. The normalized spacial score (nSPS) is 20.3. The maximum absolute atomic E-state index is 13.7. The van der Waals surface area contributed by atoms with Crippen molar-refractivity contribution in [2.75, 3.05) is 19.0 Å². The number of benzene rings is 2. The summed E-state index contributed by atoms with van der Waals surface area (Å²) in [6.07, 6.45) is 2.37. The molecule has 1 saturated carbocycles. The quantitative estimate of drug-likeness (QED) is 0.588. The molecule has 1 amide bonds. The topological polar surface area (TPSA) is 76.7 Å². The van der Waals surface area contributed by atoms with Crippen molar-refractivity contribution < 1.29 is 23.5 Å². The monoisotopic (exact) mass is 408 g/mol. The lowest BCUT2D eigenvalue weighted by atomic mass is 9.98. The standard InChI is InChI=1S/C23H21FN2O4/c1-29-22(28)23(7-8-23)25-9-6-13-2-4-16-14(10-13)12-30-20(16)19-17-11-15(24)3-5-18(17)26-21(19)27/h2-5,10-11,25H,6-9,12H2,1H3,(H,26,27). The minimum absolute atomic E-state index is 0.201. The van der Waals surface area contributed by atoms with Crippen LogP contribution in [0, 0.1) is 5.82 Å². The molecule has 2 heterocycles. The van der Waals surface area contributed by atoms with Crippen LogP contribution in [-0.4, -0.2) is 31.1 Å². The largest absolute Gasteiger partial charge is 0.487 e. The summed E-state index contributed by atoms with van der Waals surface area (Å²) < 4.78 is 24.5. The summed E-state index contributed by atoms with van der Waals surface area (Å²) in [4.78, 5) is 24.3. The van der Waals surface area contributed by atoms with Crippen molar-refractivity contribution in [3.8, 4) is 0 Å². The predicted molar refractivity (Wildman–Crippen MR) is 109 cm³/mol. The molecule has 0 radical (unpaired) electrons. The van der Waals surface area contributed by atoms with Crippen LogP contribution >= 0.6 is 0 Å². The van der Waals surface area contributed by atoms with Crippen molar-refractivity contribution in [3.05, 3.63) is 64.5 Å². The number of anilines is 1. The molecule has 1 fully saturated rings. The second-order valence-electron chi connectivity index (χ2n) is 7.88. The van der Waals surface area contributed by atoms with Crippen LogP contribution in [0.3, 0.4) is 0 Å². The van der Waals surface area contributed by atoms with Crippen molar-refractivity contribution in [2.45, 2.75) is 31.4 Å². The molecule has 7 heteroatoms. The SMILES string of the molecule is COC(=O)C1(NCCc2ccc3c(c2)COC3=C2C(=O)Nc3ccc(F)cc32)CC1. The van der Waals surface area contributed by atoms with E-state index in [-0.39, 0.29) is 11.9 Å². The van der Waals surface area contributed by atoms with Crippen LogP contribution in [0.2, 0.25) is 0 Å². The number of esters is 1. The molecule has 6 nitrogen and oxygen atoms in total. The fourth-order valence-corrected chi connectivity index (χ4v) is 4.16. The van der Waals surface area contributed by atoms with Gasteiger partial charge in [0.15, 0.2) is 0 Å². The summed E-state index contributed by atoms with van der Waals surface area (Å²) in [5.74, 6) is -0.402. The Morgan fingerprint density at radius 1 is 1.23 bits per heavy atom. The van der Waals surface area contributed by atoms with E-state index in [1.165, 1.54) is 19.2 Å². The van der Waals surface area contributed by atoms with Gasteiger partial charge < -0.3 is 20.1 Å². The number of hydrogen-bond acceptors (Lipinski definition) is 5. The number of carbonyl (C=O) groups excluding carboxylic acids is 2. The van der Waals surface area contributed by atoms with E-state index in [4.69, 9.17) is 9.47 Å². The van der Waals surface area contributed by atoms with Gasteiger partial charge in [0.1, 0.15) is 23.7 Å². The summed E-state index contributed by atoms with van der Waals surface area (Å²) in [6, 6.07) is 10.2. The van der Waals surface area contributed by atoms with Crippen LogP contribution < -0.4 is 10.6 Å². The molecule has 1 aliphatic carbocycles. The summed E-state index contributed by atoms with van der Waals surface area (Å²) in [6.45, 7) is 1.03. The first-order valence-corrected chi connectivity index (χ1v) is 9.95. The summed E-state index contributed by atoms with van der Waals surface area (Å²) in [5, 5.41) is 6.08. The average Bonchev–Trinajstić information content (AvgIpc) is 3.31. The number of fused-ring (bicyclic) bond motifs is 2. The van der Waals surface area contributed by atoms with Crippen LogP contribution in [0.4, 0.5) is 10.1 Å². The zero-order valence-corrected chi connectivity index (χ0v) is 16.5. The van der Waals surface area contributed by atoms with Crippen molar-refractivity contribution >= 4 is 28.9 Å². The molecule has 5 rings (SSSR count). The van der Waals surface area contributed by atoms with E-state index in [1.807, 2.05) is 12.1 Å². The maximum Gasteiger partial charge on any atom is 0.326 e. The smallest absolute Gasteiger partial charge is 0.326 e. The van der Waals surface area contributed by atoms with Crippen LogP contribution in [-0.2, 0) is 32.1 Å². The van der Waals surface area contributed by atoms with Crippen LogP contribution in [0.5, 0.6) is 0 Å². The first kappa shape index (κ1) is 18.8. The van der Waals surface area contributed by atoms with Gasteiger partial charge in [0.05, 0.1) is 12.7 Å². The number of rotatable bonds is 5. The Bertz CT molecular complexity index is 1100. The highest BCUT2D eigenvalue weighted by Crippen LogP contribution is 2.42. The Balaban J connectivity index is 1.36. The third-order valence-electron chi connectivity index (χ3n) is 5.94. The van der Waals surface area contributed by atoms with Crippen molar-refractivity contribution in [1.82, 2.24) is 5.32 Å². The summed E-state index contributed by atoms with van der Waals surface area (Å²) >= 11 is 0. The van der Waals surface area contributed by atoms with Crippen LogP contribution in [0.15, 0.2) is 36.4 Å². The van der Waals surface area contributed by atoms with E-state index >= 15 is 0 Å².